The van der Waals surface area contributed by atoms with Crippen molar-refractivity contribution in [2.45, 2.75) is 26.2 Å². The topological polar surface area (TPSA) is 57.9 Å². The van der Waals surface area contributed by atoms with Crippen LogP contribution in [0.3, 0.4) is 0 Å². The van der Waals surface area contributed by atoms with Crippen molar-refractivity contribution < 1.29 is 4.74 Å². The second-order valence-corrected chi connectivity index (χ2v) is 4.92. The highest BCUT2D eigenvalue weighted by Gasteiger charge is 2.07. The monoisotopic (exact) mass is 283 g/mol. The molecule has 1 aromatic carbocycles. The van der Waals surface area contributed by atoms with Crippen LogP contribution >= 0.6 is 0 Å². The van der Waals surface area contributed by atoms with E-state index in [0.29, 0.717) is 5.56 Å². The molecule has 0 amide bonds. The Hall–Kier alpha value is -2.12. The molecule has 0 spiro atoms. The third-order valence-electron chi connectivity index (χ3n) is 3.31. The van der Waals surface area contributed by atoms with E-state index in [0.717, 1.165) is 55.6 Å². The van der Waals surface area contributed by atoms with Crippen molar-refractivity contribution in [1.82, 2.24) is 4.98 Å². The molecule has 21 heavy (non-hydrogen) atoms. The summed E-state index contributed by atoms with van der Waals surface area (Å²) in [6.45, 7) is 4.52. The number of ether oxygens (including phenoxy) is 1. The zero-order chi connectivity index (χ0) is 14.9. The molecule has 1 N–H and O–H groups in total. The zero-order valence-electron chi connectivity index (χ0n) is 12.4. The summed E-state index contributed by atoms with van der Waals surface area (Å²) in [6, 6.07) is 10.1. The number of rotatable bonds is 8. The van der Waals surface area contributed by atoms with Crippen molar-refractivity contribution in [3.63, 3.8) is 0 Å². The van der Waals surface area contributed by atoms with Crippen molar-refractivity contribution in [3.05, 3.63) is 36.0 Å². The molecular weight excluding hydrogens is 262 g/mol. The van der Waals surface area contributed by atoms with Gasteiger partial charge in [-0.3, -0.25) is 4.98 Å². The molecule has 0 unspecified atom stereocenters. The Bertz CT molecular complexity index is 619. The highest BCUT2D eigenvalue weighted by atomic mass is 16.5. The number of pyridine rings is 1. The highest BCUT2D eigenvalue weighted by molar-refractivity contribution is 5.93. The van der Waals surface area contributed by atoms with E-state index in [9.17, 15) is 5.26 Å². The maximum absolute atomic E-state index is 9.22. The summed E-state index contributed by atoms with van der Waals surface area (Å²) in [5.41, 5.74) is 2.36. The largest absolute Gasteiger partial charge is 0.383 e. The third kappa shape index (κ3) is 4.17. The maximum atomic E-state index is 9.22. The Kier molecular flexibility index (Phi) is 5.99. The van der Waals surface area contributed by atoms with Gasteiger partial charge in [0.25, 0.3) is 0 Å². The van der Waals surface area contributed by atoms with Crippen molar-refractivity contribution in [1.29, 1.82) is 5.26 Å². The smallest absolute Gasteiger partial charge is 0.103 e. The molecule has 2 aromatic rings. The summed E-state index contributed by atoms with van der Waals surface area (Å²) in [5.74, 6) is 0. The molecule has 4 nitrogen and oxygen atoms in total. The SMILES string of the molecule is CCCCOCCCNc1c(C#N)cnc2ccccc12. The van der Waals surface area contributed by atoms with Gasteiger partial charge in [0.15, 0.2) is 0 Å². The lowest BCUT2D eigenvalue weighted by Crippen LogP contribution is -2.08. The number of benzene rings is 1. The number of hydrogen-bond acceptors (Lipinski definition) is 4. The van der Waals surface area contributed by atoms with Crippen molar-refractivity contribution in [3.8, 4) is 6.07 Å². The minimum atomic E-state index is 0.584. The number of aromatic nitrogens is 1. The standard InChI is InChI=1S/C17H21N3O/c1-2-3-10-21-11-6-9-19-17-14(12-18)13-20-16-8-5-4-7-15(16)17/h4-5,7-8,13H,2-3,6,9-11H2,1H3,(H,19,20). The van der Waals surface area contributed by atoms with E-state index in [1.807, 2.05) is 24.3 Å². The van der Waals surface area contributed by atoms with Crippen LogP contribution in [0.25, 0.3) is 10.9 Å². The molecule has 1 heterocycles. The molecule has 0 aliphatic carbocycles. The molecule has 0 saturated carbocycles. The van der Waals surface area contributed by atoms with E-state index in [-0.39, 0.29) is 0 Å². The number of nitriles is 1. The first-order chi connectivity index (χ1) is 10.4. The average Bonchev–Trinajstić information content (AvgIpc) is 2.54. The van der Waals surface area contributed by atoms with Crippen LogP contribution in [0.2, 0.25) is 0 Å². The fourth-order valence-electron chi connectivity index (χ4n) is 2.15. The Morgan fingerprint density at radius 1 is 1.24 bits per heavy atom. The molecule has 0 radical (unpaired) electrons. The Balaban J connectivity index is 1.96. The summed E-state index contributed by atoms with van der Waals surface area (Å²) in [5, 5.41) is 13.6. The minimum absolute atomic E-state index is 0.584. The molecule has 0 aliphatic heterocycles. The summed E-state index contributed by atoms with van der Waals surface area (Å²) in [6.07, 6.45) is 4.82. The molecule has 0 bridgehead atoms. The van der Waals surface area contributed by atoms with Gasteiger partial charge in [0.2, 0.25) is 0 Å². The van der Waals surface area contributed by atoms with Gasteiger partial charge >= 0.3 is 0 Å². The van der Waals surface area contributed by atoms with Crippen LogP contribution in [0.5, 0.6) is 0 Å². The summed E-state index contributed by atoms with van der Waals surface area (Å²) in [7, 11) is 0. The summed E-state index contributed by atoms with van der Waals surface area (Å²) >= 11 is 0. The second kappa shape index (κ2) is 8.23. The predicted molar refractivity (Wildman–Crippen MR) is 85.3 cm³/mol. The van der Waals surface area contributed by atoms with Gasteiger partial charge in [0.05, 0.1) is 16.8 Å². The zero-order valence-corrected chi connectivity index (χ0v) is 12.4. The molecule has 1 aromatic heterocycles. The lowest BCUT2D eigenvalue weighted by Gasteiger charge is -2.11. The maximum Gasteiger partial charge on any atom is 0.103 e. The quantitative estimate of drug-likeness (QED) is 0.750. The van der Waals surface area contributed by atoms with Gasteiger partial charge in [0.1, 0.15) is 6.07 Å². The van der Waals surface area contributed by atoms with E-state index in [1.165, 1.54) is 0 Å². The van der Waals surface area contributed by atoms with E-state index in [1.54, 1.807) is 6.20 Å². The molecule has 0 atom stereocenters. The average molecular weight is 283 g/mol. The number of nitrogens with one attached hydrogen (secondary N) is 1. The number of nitrogens with zero attached hydrogens (tertiary/aromatic N) is 2. The van der Waals surface area contributed by atoms with Gasteiger partial charge < -0.3 is 10.1 Å². The van der Waals surface area contributed by atoms with Crippen LogP contribution in [0.15, 0.2) is 30.5 Å². The molecular formula is C17H21N3O. The molecule has 0 aliphatic rings. The van der Waals surface area contributed by atoms with E-state index < -0.39 is 0 Å². The lowest BCUT2D eigenvalue weighted by molar-refractivity contribution is 0.131. The third-order valence-corrected chi connectivity index (χ3v) is 3.31. The predicted octanol–water partition coefficient (Wildman–Crippen LogP) is 3.73. The highest BCUT2D eigenvalue weighted by Crippen LogP contribution is 2.25. The van der Waals surface area contributed by atoms with E-state index in [4.69, 9.17) is 4.74 Å². The Labute approximate surface area is 125 Å². The Morgan fingerprint density at radius 2 is 2.05 bits per heavy atom. The molecule has 0 saturated heterocycles. The van der Waals surface area contributed by atoms with Gasteiger partial charge in [-0.05, 0) is 18.9 Å². The number of anilines is 1. The van der Waals surface area contributed by atoms with E-state index >= 15 is 0 Å². The minimum Gasteiger partial charge on any atom is -0.383 e. The first-order valence-electron chi connectivity index (χ1n) is 7.46. The first-order valence-corrected chi connectivity index (χ1v) is 7.46. The van der Waals surface area contributed by atoms with Gasteiger partial charge in [-0.1, -0.05) is 31.5 Å². The molecule has 4 heteroatoms. The number of unbranched alkanes of at least 4 members (excludes halogenated alkanes) is 1. The normalized spacial score (nSPS) is 10.5. The second-order valence-electron chi connectivity index (χ2n) is 4.92. The van der Waals surface area contributed by atoms with Crippen LogP contribution in [-0.4, -0.2) is 24.7 Å². The van der Waals surface area contributed by atoms with Gasteiger partial charge in [-0.25, -0.2) is 0 Å². The Morgan fingerprint density at radius 3 is 2.86 bits per heavy atom. The van der Waals surface area contributed by atoms with Crippen LogP contribution in [0.1, 0.15) is 31.7 Å². The van der Waals surface area contributed by atoms with Crippen molar-refractivity contribution in [2.75, 3.05) is 25.1 Å². The fraction of sp³-hybridized carbons (Fsp3) is 0.412. The van der Waals surface area contributed by atoms with E-state index in [2.05, 4.69) is 23.3 Å². The van der Waals surface area contributed by atoms with Crippen LogP contribution < -0.4 is 5.32 Å². The van der Waals surface area contributed by atoms with Crippen molar-refractivity contribution in [2.24, 2.45) is 0 Å². The van der Waals surface area contributed by atoms with Crippen LogP contribution in [-0.2, 0) is 4.74 Å². The fourth-order valence-corrected chi connectivity index (χ4v) is 2.15. The number of para-hydroxylation sites is 1. The number of fused-ring (bicyclic) bond motifs is 1. The number of hydrogen-bond donors (Lipinski definition) is 1. The lowest BCUT2D eigenvalue weighted by atomic mass is 10.1. The van der Waals surface area contributed by atoms with Gasteiger partial charge in [-0.15, -0.1) is 0 Å². The molecule has 2 rings (SSSR count). The van der Waals surface area contributed by atoms with Crippen molar-refractivity contribution >= 4 is 16.6 Å². The summed E-state index contributed by atoms with van der Waals surface area (Å²) in [4.78, 5) is 4.30. The molecule has 0 fully saturated rings. The first kappa shape index (κ1) is 15.3. The summed E-state index contributed by atoms with van der Waals surface area (Å²) < 4.78 is 5.54. The van der Waals surface area contributed by atoms with Crippen LogP contribution in [0.4, 0.5) is 5.69 Å². The van der Waals surface area contributed by atoms with Gasteiger partial charge in [-0.2, -0.15) is 5.26 Å². The van der Waals surface area contributed by atoms with Crippen LogP contribution in [0, 0.1) is 11.3 Å². The molecule has 110 valence electrons. The van der Waals surface area contributed by atoms with Gasteiger partial charge in [0, 0.05) is 31.3 Å².